The number of carbonyl (C=O) groups is 1. The van der Waals surface area contributed by atoms with Gasteiger partial charge in [0.2, 0.25) is 0 Å². The summed E-state index contributed by atoms with van der Waals surface area (Å²) >= 11 is 6.09. The molecule has 1 fully saturated rings. The molecule has 0 amide bonds. The molecule has 1 unspecified atom stereocenters. The highest BCUT2D eigenvalue weighted by atomic mass is 35.5. The van der Waals surface area contributed by atoms with Crippen molar-refractivity contribution >= 4 is 17.6 Å². The van der Waals surface area contributed by atoms with Crippen LogP contribution in [0.3, 0.4) is 0 Å². The molecule has 4 nitrogen and oxygen atoms in total. The molecule has 1 N–H and O–H groups in total. The third kappa shape index (κ3) is 3.93. The molecule has 0 spiro atoms. The smallest absolute Gasteiger partial charge is 0.311 e. The lowest BCUT2D eigenvalue weighted by molar-refractivity contribution is -0.139. The summed E-state index contributed by atoms with van der Waals surface area (Å²) in [4.78, 5) is 13.7. The van der Waals surface area contributed by atoms with E-state index in [2.05, 4.69) is 4.90 Å². The highest BCUT2D eigenvalue weighted by Crippen LogP contribution is 2.27. The molecule has 1 aliphatic rings. The van der Waals surface area contributed by atoms with Crippen LogP contribution in [-0.4, -0.2) is 48.8 Å². The molecule has 19 heavy (non-hydrogen) atoms. The topological polar surface area (TPSA) is 49.8 Å². The van der Waals surface area contributed by atoms with E-state index < -0.39 is 11.9 Å². The van der Waals surface area contributed by atoms with Gasteiger partial charge in [-0.25, -0.2) is 0 Å². The quantitative estimate of drug-likeness (QED) is 0.900. The second-order valence-electron chi connectivity index (χ2n) is 4.66. The van der Waals surface area contributed by atoms with Crippen LogP contribution in [0, 0.1) is 0 Å². The number of hydrogen-bond donors (Lipinski definition) is 1. The van der Waals surface area contributed by atoms with Crippen molar-refractivity contribution < 1.29 is 14.6 Å². The van der Waals surface area contributed by atoms with Gasteiger partial charge in [0.15, 0.2) is 0 Å². The summed E-state index contributed by atoms with van der Waals surface area (Å²) in [5.74, 6) is -1.36. The molecule has 1 atom stereocenters. The molecule has 2 rings (SSSR count). The maximum absolute atomic E-state index is 11.4. The van der Waals surface area contributed by atoms with Crippen molar-refractivity contribution in [2.24, 2.45) is 0 Å². The van der Waals surface area contributed by atoms with E-state index >= 15 is 0 Å². The number of rotatable bonds is 5. The van der Waals surface area contributed by atoms with Gasteiger partial charge < -0.3 is 9.84 Å². The minimum atomic E-state index is -0.818. The number of morpholine rings is 1. The van der Waals surface area contributed by atoms with E-state index in [0.29, 0.717) is 17.0 Å². The van der Waals surface area contributed by atoms with Gasteiger partial charge >= 0.3 is 5.97 Å². The Morgan fingerprint density at radius 2 is 2.05 bits per heavy atom. The molecule has 104 valence electrons. The molecule has 0 saturated carbocycles. The molecule has 1 aromatic rings. The van der Waals surface area contributed by atoms with Crippen LogP contribution in [0.1, 0.15) is 17.9 Å². The number of carboxylic acid groups (broad SMARTS) is 1. The number of nitrogens with zero attached hydrogens (tertiary/aromatic N) is 1. The van der Waals surface area contributed by atoms with E-state index in [1.165, 1.54) is 0 Å². The van der Waals surface area contributed by atoms with Crippen molar-refractivity contribution in [3.63, 3.8) is 0 Å². The first-order chi connectivity index (χ1) is 9.18. The second kappa shape index (κ2) is 6.89. The Morgan fingerprint density at radius 1 is 1.37 bits per heavy atom. The van der Waals surface area contributed by atoms with Crippen LogP contribution in [-0.2, 0) is 9.53 Å². The molecule has 1 heterocycles. The minimum absolute atomic E-state index is 0.525. The summed E-state index contributed by atoms with van der Waals surface area (Å²) in [5.41, 5.74) is 0.699. The van der Waals surface area contributed by atoms with Gasteiger partial charge in [0.1, 0.15) is 0 Å². The van der Waals surface area contributed by atoms with Crippen LogP contribution in [0.2, 0.25) is 5.02 Å². The van der Waals surface area contributed by atoms with Gasteiger partial charge in [0.05, 0.1) is 19.1 Å². The summed E-state index contributed by atoms with van der Waals surface area (Å²) in [6.07, 6.45) is 0.569. The summed E-state index contributed by atoms with van der Waals surface area (Å²) in [7, 11) is 0. The molecule has 0 bridgehead atoms. The molecular formula is C14H18ClNO3. The third-order valence-electron chi connectivity index (χ3n) is 3.42. The van der Waals surface area contributed by atoms with E-state index in [4.69, 9.17) is 16.3 Å². The first-order valence-corrected chi connectivity index (χ1v) is 6.83. The number of hydrogen-bond acceptors (Lipinski definition) is 3. The van der Waals surface area contributed by atoms with Crippen LogP contribution >= 0.6 is 11.6 Å². The number of benzene rings is 1. The van der Waals surface area contributed by atoms with Gasteiger partial charge in [-0.1, -0.05) is 29.8 Å². The Balaban J connectivity index is 2.00. The number of halogens is 1. The molecule has 0 aliphatic carbocycles. The van der Waals surface area contributed by atoms with E-state index in [1.807, 2.05) is 12.1 Å². The monoisotopic (exact) mass is 283 g/mol. The average Bonchev–Trinajstić information content (AvgIpc) is 2.42. The van der Waals surface area contributed by atoms with Gasteiger partial charge in [-0.3, -0.25) is 9.69 Å². The van der Waals surface area contributed by atoms with Gasteiger partial charge in [0.25, 0.3) is 0 Å². The van der Waals surface area contributed by atoms with Gasteiger partial charge in [-0.2, -0.15) is 0 Å². The van der Waals surface area contributed by atoms with Crippen molar-refractivity contribution in [1.29, 1.82) is 0 Å². The van der Waals surface area contributed by atoms with Gasteiger partial charge in [-0.05, 0) is 24.6 Å². The minimum Gasteiger partial charge on any atom is -0.481 e. The van der Waals surface area contributed by atoms with Crippen LogP contribution in [0.5, 0.6) is 0 Å². The Labute approximate surface area is 117 Å². The van der Waals surface area contributed by atoms with E-state index in [-0.39, 0.29) is 0 Å². The van der Waals surface area contributed by atoms with Crippen LogP contribution < -0.4 is 0 Å². The average molecular weight is 284 g/mol. The molecule has 1 aromatic carbocycles. The van der Waals surface area contributed by atoms with Crippen LogP contribution in [0.15, 0.2) is 24.3 Å². The molecule has 0 aromatic heterocycles. The van der Waals surface area contributed by atoms with Crippen LogP contribution in [0.4, 0.5) is 0 Å². The predicted molar refractivity (Wildman–Crippen MR) is 73.7 cm³/mol. The maximum atomic E-state index is 11.4. The highest BCUT2D eigenvalue weighted by molar-refractivity contribution is 6.31. The van der Waals surface area contributed by atoms with Gasteiger partial charge in [0, 0.05) is 18.1 Å². The van der Waals surface area contributed by atoms with Gasteiger partial charge in [-0.15, -0.1) is 0 Å². The Morgan fingerprint density at radius 3 is 2.68 bits per heavy atom. The normalized spacial score (nSPS) is 18.2. The van der Waals surface area contributed by atoms with E-state index in [1.54, 1.807) is 12.1 Å². The Bertz CT molecular complexity index is 432. The lowest BCUT2D eigenvalue weighted by Crippen LogP contribution is -2.37. The summed E-state index contributed by atoms with van der Waals surface area (Å²) in [6.45, 7) is 3.95. The Hall–Kier alpha value is -1.10. The molecule has 1 aliphatic heterocycles. The maximum Gasteiger partial charge on any atom is 0.311 e. The zero-order valence-electron chi connectivity index (χ0n) is 10.7. The molecule has 1 saturated heterocycles. The first kappa shape index (κ1) is 14.3. The van der Waals surface area contributed by atoms with Crippen molar-refractivity contribution in [2.45, 2.75) is 12.3 Å². The lowest BCUT2D eigenvalue weighted by Gasteiger charge is -2.27. The fourth-order valence-electron chi connectivity index (χ4n) is 2.31. The fourth-order valence-corrected chi connectivity index (χ4v) is 2.57. The molecule has 5 heteroatoms. The second-order valence-corrected chi connectivity index (χ2v) is 5.06. The largest absolute Gasteiger partial charge is 0.481 e. The lowest BCUT2D eigenvalue weighted by atomic mass is 9.95. The van der Waals surface area contributed by atoms with Crippen molar-refractivity contribution in [3.8, 4) is 0 Å². The van der Waals surface area contributed by atoms with Crippen molar-refractivity contribution in [3.05, 3.63) is 34.9 Å². The standard InChI is InChI=1S/C14H18ClNO3/c15-13-4-2-1-3-11(13)12(14(17)18)5-6-16-7-9-19-10-8-16/h1-4,12H,5-10H2,(H,17,18). The first-order valence-electron chi connectivity index (χ1n) is 6.46. The van der Waals surface area contributed by atoms with Crippen molar-refractivity contribution in [2.75, 3.05) is 32.8 Å². The predicted octanol–water partition coefficient (Wildman–Crippen LogP) is 2.23. The van der Waals surface area contributed by atoms with E-state index in [0.717, 1.165) is 32.8 Å². The Kier molecular flexibility index (Phi) is 5.19. The number of ether oxygens (including phenoxy) is 1. The summed E-state index contributed by atoms with van der Waals surface area (Å²) in [5, 5.41) is 9.90. The molecule has 0 radical (unpaired) electrons. The highest BCUT2D eigenvalue weighted by Gasteiger charge is 2.23. The number of carboxylic acids is 1. The zero-order valence-corrected chi connectivity index (χ0v) is 11.5. The zero-order chi connectivity index (χ0) is 13.7. The third-order valence-corrected chi connectivity index (χ3v) is 3.76. The fraction of sp³-hybridized carbons (Fsp3) is 0.500. The summed E-state index contributed by atoms with van der Waals surface area (Å²) < 4.78 is 5.28. The SMILES string of the molecule is O=C(O)C(CCN1CCOCC1)c1ccccc1Cl. The van der Waals surface area contributed by atoms with Crippen LogP contribution in [0.25, 0.3) is 0 Å². The number of aliphatic carboxylic acids is 1. The van der Waals surface area contributed by atoms with E-state index in [9.17, 15) is 9.90 Å². The summed E-state index contributed by atoms with van der Waals surface area (Å²) in [6, 6.07) is 7.17. The molecular weight excluding hydrogens is 266 g/mol. The van der Waals surface area contributed by atoms with Crippen molar-refractivity contribution in [1.82, 2.24) is 4.90 Å².